The van der Waals surface area contributed by atoms with E-state index in [1.807, 2.05) is 19.0 Å². The molecule has 23 heavy (non-hydrogen) atoms. The predicted octanol–water partition coefficient (Wildman–Crippen LogP) is 2.50. The zero-order chi connectivity index (χ0) is 17.0. The van der Waals surface area contributed by atoms with Gasteiger partial charge in [0.25, 0.3) is 5.91 Å². The summed E-state index contributed by atoms with van der Waals surface area (Å²) in [6.45, 7) is 1.77. The number of rotatable bonds is 4. The summed E-state index contributed by atoms with van der Waals surface area (Å²) in [5.74, 6) is -0.587. The van der Waals surface area contributed by atoms with E-state index in [9.17, 15) is 18.0 Å². The number of hydrogen-bond acceptors (Lipinski definition) is 3. The van der Waals surface area contributed by atoms with Gasteiger partial charge in [0, 0.05) is 19.6 Å². The van der Waals surface area contributed by atoms with Crippen molar-refractivity contribution in [2.75, 3.05) is 40.3 Å². The van der Waals surface area contributed by atoms with Crippen LogP contribution in [0.15, 0.2) is 24.3 Å². The van der Waals surface area contributed by atoms with Gasteiger partial charge in [0.15, 0.2) is 0 Å². The van der Waals surface area contributed by atoms with Crippen LogP contribution in [0.4, 0.5) is 13.2 Å². The molecule has 1 saturated heterocycles. The van der Waals surface area contributed by atoms with Crippen LogP contribution in [0.25, 0.3) is 0 Å². The molecule has 0 aromatic heterocycles. The molecule has 128 valence electrons. The molecular weight excluding hydrogens is 309 g/mol. The molecule has 1 amide bonds. The van der Waals surface area contributed by atoms with E-state index in [4.69, 9.17) is 4.74 Å². The van der Waals surface area contributed by atoms with Gasteiger partial charge in [-0.1, -0.05) is 12.1 Å². The lowest BCUT2D eigenvalue weighted by Crippen LogP contribution is -2.46. The lowest BCUT2D eigenvalue weighted by molar-refractivity contribution is -0.138. The van der Waals surface area contributed by atoms with Crippen LogP contribution in [-0.4, -0.2) is 62.1 Å². The lowest BCUT2D eigenvalue weighted by atomic mass is 10.0. The monoisotopic (exact) mass is 330 g/mol. The predicted molar refractivity (Wildman–Crippen MR) is 80.3 cm³/mol. The van der Waals surface area contributed by atoms with E-state index >= 15 is 0 Å². The van der Waals surface area contributed by atoms with Crippen molar-refractivity contribution >= 4 is 5.91 Å². The number of alkyl halides is 3. The van der Waals surface area contributed by atoms with E-state index in [1.54, 1.807) is 0 Å². The van der Waals surface area contributed by atoms with Gasteiger partial charge in [0.05, 0.1) is 23.8 Å². The first kappa shape index (κ1) is 17.7. The zero-order valence-corrected chi connectivity index (χ0v) is 13.3. The molecular formula is C16H21F3N2O2. The highest BCUT2D eigenvalue weighted by molar-refractivity contribution is 5.96. The molecule has 0 saturated carbocycles. The van der Waals surface area contributed by atoms with Crippen molar-refractivity contribution in [3.8, 4) is 0 Å². The Bertz CT molecular complexity index is 546. The van der Waals surface area contributed by atoms with Crippen molar-refractivity contribution in [1.82, 2.24) is 9.80 Å². The zero-order valence-electron chi connectivity index (χ0n) is 13.3. The molecule has 1 aliphatic rings. The minimum absolute atomic E-state index is 0.145. The summed E-state index contributed by atoms with van der Waals surface area (Å²) in [6, 6.07) is 4.91. The van der Waals surface area contributed by atoms with E-state index in [2.05, 4.69) is 0 Å². The molecule has 1 aromatic carbocycles. The number of halogens is 3. The molecule has 1 fully saturated rings. The second kappa shape index (κ2) is 7.31. The summed E-state index contributed by atoms with van der Waals surface area (Å²) in [4.78, 5) is 16.0. The van der Waals surface area contributed by atoms with Crippen molar-refractivity contribution < 1.29 is 22.7 Å². The fourth-order valence-electron chi connectivity index (χ4n) is 2.57. The van der Waals surface area contributed by atoms with E-state index < -0.39 is 17.6 Å². The number of hydrogen-bond donors (Lipinski definition) is 0. The van der Waals surface area contributed by atoms with Crippen LogP contribution in [0.5, 0.6) is 0 Å². The first-order valence-corrected chi connectivity index (χ1v) is 7.51. The first-order chi connectivity index (χ1) is 10.8. The van der Waals surface area contributed by atoms with Gasteiger partial charge in [-0.05, 0) is 32.6 Å². The van der Waals surface area contributed by atoms with Gasteiger partial charge in [-0.25, -0.2) is 0 Å². The summed E-state index contributed by atoms with van der Waals surface area (Å²) in [6.07, 6.45) is -3.95. The third-order valence-corrected chi connectivity index (χ3v) is 3.79. The average Bonchev–Trinajstić information content (AvgIpc) is 2.51. The largest absolute Gasteiger partial charge is 0.417 e. The summed E-state index contributed by atoms with van der Waals surface area (Å²) >= 11 is 0. The van der Waals surface area contributed by atoms with Crippen LogP contribution in [0.1, 0.15) is 22.3 Å². The summed E-state index contributed by atoms with van der Waals surface area (Å²) < 4.78 is 44.8. The highest BCUT2D eigenvalue weighted by Crippen LogP contribution is 2.32. The first-order valence-electron chi connectivity index (χ1n) is 7.51. The van der Waals surface area contributed by atoms with Gasteiger partial charge in [0.1, 0.15) is 0 Å². The second-order valence-corrected chi connectivity index (χ2v) is 5.88. The third-order valence-electron chi connectivity index (χ3n) is 3.79. The number of carbonyl (C=O) groups is 1. The van der Waals surface area contributed by atoms with Crippen molar-refractivity contribution in [2.24, 2.45) is 0 Å². The fraction of sp³-hybridized carbons (Fsp3) is 0.562. The Morgan fingerprint density at radius 3 is 2.70 bits per heavy atom. The lowest BCUT2D eigenvalue weighted by Gasteiger charge is -2.34. The van der Waals surface area contributed by atoms with E-state index in [1.165, 1.54) is 23.1 Å². The molecule has 4 nitrogen and oxygen atoms in total. The van der Waals surface area contributed by atoms with Crippen molar-refractivity contribution in [3.05, 3.63) is 35.4 Å². The molecule has 0 aliphatic carbocycles. The smallest absolute Gasteiger partial charge is 0.374 e. The van der Waals surface area contributed by atoms with Crippen LogP contribution in [0.2, 0.25) is 0 Å². The molecule has 1 atom stereocenters. The highest BCUT2D eigenvalue weighted by atomic mass is 19.4. The summed E-state index contributed by atoms with van der Waals surface area (Å²) in [7, 11) is 3.87. The number of ether oxygens (including phenoxy) is 1. The maximum Gasteiger partial charge on any atom is 0.417 e. The van der Waals surface area contributed by atoms with Gasteiger partial charge < -0.3 is 14.5 Å². The standard InChI is InChI=1S/C16H21F3N2O2/c1-20(2)8-7-12-11-21(9-10-23-12)15(22)13-5-3-4-6-14(13)16(17,18)19/h3-6,12H,7-11H2,1-2H3/t12-/m1/s1. The Labute approximate surface area is 133 Å². The molecule has 0 radical (unpaired) electrons. The van der Waals surface area contributed by atoms with Crippen LogP contribution in [0, 0.1) is 0 Å². The quantitative estimate of drug-likeness (QED) is 0.850. The molecule has 0 spiro atoms. The van der Waals surface area contributed by atoms with Crippen LogP contribution in [-0.2, 0) is 10.9 Å². The van der Waals surface area contributed by atoms with E-state index in [0.717, 1.165) is 19.0 Å². The van der Waals surface area contributed by atoms with Gasteiger partial charge in [-0.2, -0.15) is 13.2 Å². The Morgan fingerprint density at radius 2 is 2.04 bits per heavy atom. The number of morpholine rings is 1. The molecule has 1 aliphatic heterocycles. The van der Waals surface area contributed by atoms with Crippen molar-refractivity contribution in [1.29, 1.82) is 0 Å². The summed E-state index contributed by atoms with van der Waals surface area (Å²) in [5.41, 5.74) is -1.19. The highest BCUT2D eigenvalue weighted by Gasteiger charge is 2.36. The van der Waals surface area contributed by atoms with E-state index in [-0.39, 0.29) is 11.7 Å². The fourth-order valence-corrected chi connectivity index (χ4v) is 2.57. The average molecular weight is 330 g/mol. The molecule has 0 bridgehead atoms. The second-order valence-electron chi connectivity index (χ2n) is 5.88. The van der Waals surface area contributed by atoms with Crippen molar-refractivity contribution in [3.63, 3.8) is 0 Å². The number of carbonyl (C=O) groups excluding carboxylic acids is 1. The molecule has 1 aromatic rings. The number of benzene rings is 1. The van der Waals surface area contributed by atoms with E-state index in [0.29, 0.717) is 19.7 Å². The van der Waals surface area contributed by atoms with Gasteiger partial charge in [0.2, 0.25) is 0 Å². The number of amides is 1. The normalized spacial score (nSPS) is 19.2. The Kier molecular flexibility index (Phi) is 5.64. The molecule has 0 unspecified atom stereocenters. The van der Waals surface area contributed by atoms with Crippen LogP contribution < -0.4 is 0 Å². The molecule has 7 heteroatoms. The van der Waals surface area contributed by atoms with Gasteiger partial charge >= 0.3 is 6.18 Å². The maximum atomic E-state index is 13.1. The molecule has 0 N–H and O–H groups in total. The molecule has 1 heterocycles. The van der Waals surface area contributed by atoms with Crippen LogP contribution in [0.3, 0.4) is 0 Å². The minimum Gasteiger partial charge on any atom is -0.374 e. The van der Waals surface area contributed by atoms with Gasteiger partial charge in [-0.3, -0.25) is 4.79 Å². The Balaban J connectivity index is 2.11. The maximum absolute atomic E-state index is 13.1. The topological polar surface area (TPSA) is 32.8 Å². The Hall–Kier alpha value is -1.60. The molecule has 2 rings (SSSR count). The Morgan fingerprint density at radius 1 is 1.35 bits per heavy atom. The SMILES string of the molecule is CN(C)CC[C@@H]1CN(C(=O)c2ccccc2C(F)(F)F)CCO1. The summed E-state index contributed by atoms with van der Waals surface area (Å²) in [5, 5.41) is 0. The third kappa shape index (κ3) is 4.68. The number of nitrogens with zero attached hydrogens (tertiary/aromatic N) is 2. The van der Waals surface area contributed by atoms with Gasteiger partial charge in [-0.15, -0.1) is 0 Å². The van der Waals surface area contributed by atoms with Crippen molar-refractivity contribution in [2.45, 2.75) is 18.7 Å². The minimum atomic E-state index is -4.54. The van der Waals surface area contributed by atoms with Crippen LogP contribution >= 0.6 is 0 Å².